The molecule has 0 aromatic heterocycles. The summed E-state index contributed by atoms with van der Waals surface area (Å²) in [7, 11) is 0. The molecule has 3 aromatic carbocycles. The van der Waals surface area contributed by atoms with Gasteiger partial charge in [-0.2, -0.15) is 0 Å². The van der Waals surface area contributed by atoms with E-state index in [1.54, 1.807) is 0 Å². The van der Waals surface area contributed by atoms with Crippen molar-refractivity contribution >= 4 is 31.9 Å². The molecule has 0 amide bonds. The smallest absolute Gasteiger partial charge is 0.0770 e. The predicted octanol–water partition coefficient (Wildman–Crippen LogP) is 6.46. The number of halogens is 2. The van der Waals surface area contributed by atoms with E-state index >= 15 is 0 Å². The zero-order valence-electron chi connectivity index (χ0n) is 13.8. The molecule has 3 aliphatic carbocycles. The SMILES string of the molecule is BrC(Br)=CC#CC12c3ccccc3C(c3ccccc31)c1ccccc12. The quantitative estimate of drug-likeness (QED) is 0.337. The third-order valence-electron chi connectivity index (χ3n) is 5.47. The molecule has 3 aromatic rings. The third kappa shape index (κ3) is 2.08. The Labute approximate surface area is 170 Å². The minimum atomic E-state index is -0.426. The second-order valence-corrected chi connectivity index (χ2v) is 9.42. The van der Waals surface area contributed by atoms with E-state index < -0.39 is 5.41 Å². The lowest BCUT2D eigenvalue weighted by molar-refractivity contribution is 0.666. The first kappa shape index (κ1) is 16.1. The van der Waals surface area contributed by atoms with Crippen molar-refractivity contribution in [1.82, 2.24) is 0 Å². The largest absolute Gasteiger partial charge is 0.107 e. The molecule has 0 aliphatic heterocycles. The molecule has 0 saturated heterocycles. The molecule has 0 radical (unpaired) electrons. The maximum atomic E-state index is 3.64. The first-order valence-corrected chi connectivity index (χ1v) is 10.1. The minimum absolute atomic E-state index is 0.292. The van der Waals surface area contributed by atoms with Gasteiger partial charge in [0.1, 0.15) is 5.41 Å². The highest BCUT2D eigenvalue weighted by atomic mass is 79.9. The number of rotatable bonds is 0. The molecule has 3 aliphatic rings. The first-order valence-electron chi connectivity index (χ1n) is 8.55. The van der Waals surface area contributed by atoms with Crippen LogP contribution in [0.3, 0.4) is 0 Å². The van der Waals surface area contributed by atoms with E-state index in [-0.39, 0.29) is 0 Å². The molecule has 0 N–H and O–H groups in total. The van der Waals surface area contributed by atoms with Crippen LogP contribution in [0.25, 0.3) is 0 Å². The van der Waals surface area contributed by atoms with Gasteiger partial charge < -0.3 is 0 Å². The highest BCUT2D eigenvalue weighted by molar-refractivity contribution is 9.28. The topological polar surface area (TPSA) is 0 Å². The van der Waals surface area contributed by atoms with Crippen molar-refractivity contribution in [1.29, 1.82) is 0 Å². The van der Waals surface area contributed by atoms with Crippen molar-refractivity contribution in [3.05, 3.63) is 116 Å². The van der Waals surface area contributed by atoms with Gasteiger partial charge in [0.2, 0.25) is 0 Å². The zero-order chi connectivity index (χ0) is 17.7. The van der Waals surface area contributed by atoms with Gasteiger partial charge in [-0.05, 0) is 65.2 Å². The minimum Gasteiger partial charge on any atom is -0.0770 e. The maximum absolute atomic E-state index is 3.64. The Morgan fingerprint density at radius 2 is 1.15 bits per heavy atom. The van der Waals surface area contributed by atoms with Gasteiger partial charge >= 0.3 is 0 Å². The molecule has 0 heterocycles. The number of hydrogen-bond acceptors (Lipinski definition) is 0. The van der Waals surface area contributed by atoms with Gasteiger partial charge in [-0.1, -0.05) is 84.6 Å². The second-order valence-electron chi connectivity index (χ2n) is 6.65. The fourth-order valence-corrected chi connectivity index (χ4v) is 4.84. The van der Waals surface area contributed by atoms with E-state index in [0.29, 0.717) is 5.92 Å². The average Bonchev–Trinajstić information content (AvgIpc) is 2.68. The molecule has 6 rings (SSSR count). The standard InChI is InChI=1S/C24H14Br2/c25-22(26)14-7-15-24-19-11-4-1-8-16(19)23(17-9-2-5-12-20(17)24)18-10-3-6-13-21(18)24/h1-6,8-14,23H. The summed E-state index contributed by atoms with van der Waals surface area (Å²) in [6.45, 7) is 0. The Bertz CT molecular complexity index is 1010. The van der Waals surface area contributed by atoms with Crippen LogP contribution in [0.1, 0.15) is 39.3 Å². The summed E-state index contributed by atoms with van der Waals surface area (Å²) in [5, 5.41) is 0. The third-order valence-corrected chi connectivity index (χ3v) is 5.93. The van der Waals surface area contributed by atoms with Crippen LogP contribution in [-0.2, 0) is 5.41 Å². The Hall–Kier alpha value is -2.08. The molecule has 0 fully saturated rings. The van der Waals surface area contributed by atoms with Crippen molar-refractivity contribution in [2.45, 2.75) is 11.3 Å². The second kappa shape index (κ2) is 5.98. The van der Waals surface area contributed by atoms with Crippen LogP contribution in [-0.4, -0.2) is 0 Å². The summed E-state index contributed by atoms with van der Waals surface area (Å²) in [5.41, 5.74) is 7.64. The molecular formula is C24H14Br2. The van der Waals surface area contributed by atoms with Gasteiger partial charge in [-0.25, -0.2) is 0 Å². The maximum Gasteiger partial charge on any atom is 0.107 e. The summed E-state index contributed by atoms with van der Waals surface area (Å²) in [5.74, 6) is 7.22. The number of benzene rings is 3. The lowest BCUT2D eigenvalue weighted by atomic mass is 9.53. The molecule has 124 valence electrons. The van der Waals surface area contributed by atoms with Crippen LogP contribution in [0, 0.1) is 11.8 Å². The fourth-order valence-electron chi connectivity index (χ4n) is 4.61. The van der Waals surface area contributed by atoms with E-state index in [1.807, 2.05) is 6.08 Å². The van der Waals surface area contributed by atoms with E-state index in [4.69, 9.17) is 0 Å². The summed E-state index contributed by atoms with van der Waals surface area (Å²) in [6.07, 6.45) is 1.86. The van der Waals surface area contributed by atoms with Gasteiger partial charge in [-0.15, -0.1) is 0 Å². The van der Waals surface area contributed by atoms with Crippen molar-refractivity contribution in [2.75, 3.05) is 0 Å². The lowest BCUT2D eigenvalue weighted by Gasteiger charge is -2.48. The number of hydrogen-bond donors (Lipinski definition) is 0. The molecule has 2 bridgehead atoms. The highest BCUT2D eigenvalue weighted by Crippen LogP contribution is 2.58. The normalized spacial score (nSPS) is 20.9. The summed E-state index contributed by atoms with van der Waals surface area (Å²) < 4.78 is 0.855. The van der Waals surface area contributed by atoms with Gasteiger partial charge in [-0.3, -0.25) is 0 Å². The summed E-state index contributed by atoms with van der Waals surface area (Å²) in [6, 6.07) is 26.3. The molecule has 0 saturated carbocycles. The van der Waals surface area contributed by atoms with Crippen molar-refractivity contribution in [3.63, 3.8) is 0 Å². The van der Waals surface area contributed by atoms with E-state index in [0.717, 1.165) is 3.39 Å². The average molecular weight is 462 g/mol. The summed E-state index contributed by atoms with van der Waals surface area (Å²) in [4.78, 5) is 0. The van der Waals surface area contributed by atoms with Crippen LogP contribution >= 0.6 is 31.9 Å². The van der Waals surface area contributed by atoms with Crippen molar-refractivity contribution in [3.8, 4) is 11.8 Å². The molecule has 0 unspecified atom stereocenters. The Morgan fingerprint density at radius 3 is 1.58 bits per heavy atom. The Balaban J connectivity index is 1.95. The first-order chi connectivity index (χ1) is 12.7. The Kier molecular flexibility index (Phi) is 3.71. The molecular weight excluding hydrogens is 448 g/mol. The van der Waals surface area contributed by atoms with Crippen LogP contribution in [0.15, 0.2) is 82.3 Å². The molecule has 0 nitrogen and oxygen atoms in total. The molecule has 26 heavy (non-hydrogen) atoms. The predicted molar refractivity (Wildman–Crippen MR) is 114 cm³/mol. The molecule has 0 spiro atoms. The summed E-state index contributed by atoms with van der Waals surface area (Å²) >= 11 is 6.84. The van der Waals surface area contributed by atoms with E-state index in [9.17, 15) is 0 Å². The Morgan fingerprint density at radius 1 is 0.731 bits per heavy atom. The van der Waals surface area contributed by atoms with Crippen LogP contribution in [0.5, 0.6) is 0 Å². The van der Waals surface area contributed by atoms with Crippen molar-refractivity contribution in [2.24, 2.45) is 0 Å². The monoisotopic (exact) mass is 460 g/mol. The van der Waals surface area contributed by atoms with Crippen LogP contribution in [0.4, 0.5) is 0 Å². The van der Waals surface area contributed by atoms with Crippen LogP contribution < -0.4 is 0 Å². The van der Waals surface area contributed by atoms with Crippen molar-refractivity contribution < 1.29 is 0 Å². The molecule has 0 atom stereocenters. The molecule has 2 heteroatoms. The number of allylic oxidation sites excluding steroid dienone is 1. The van der Waals surface area contributed by atoms with Crippen LogP contribution in [0.2, 0.25) is 0 Å². The van der Waals surface area contributed by atoms with Gasteiger partial charge in [0, 0.05) is 12.0 Å². The van der Waals surface area contributed by atoms with Gasteiger partial charge in [0.25, 0.3) is 0 Å². The zero-order valence-corrected chi connectivity index (χ0v) is 17.0. The van der Waals surface area contributed by atoms with Gasteiger partial charge in [0.05, 0.1) is 3.39 Å². The van der Waals surface area contributed by atoms with E-state index in [2.05, 4.69) is 116 Å². The highest BCUT2D eigenvalue weighted by Gasteiger charge is 2.50. The van der Waals surface area contributed by atoms with Gasteiger partial charge in [0.15, 0.2) is 0 Å². The lowest BCUT2D eigenvalue weighted by Crippen LogP contribution is -2.41. The van der Waals surface area contributed by atoms with E-state index in [1.165, 1.54) is 33.4 Å². The fraction of sp³-hybridized carbons (Fsp3) is 0.0833.